The molecule has 1 aromatic rings. The first kappa shape index (κ1) is 21.6. The van der Waals surface area contributed by atoms with Gasteiger partial charge in [0.2, 0.25) is 5.91 Å². The van der Waals surface area contributed by atoms with E-state index in [4.69, 9.17) is 0 Å². The van der Waals surface area contributed by atoms with Crippen LogP contribution in [-0.2, 0) is 4.79 Å². The second-order valence-electron chi connectivity index (χ2n) is 9.23. The lowest BCUT2D eigenvalue weighted by molar-refractivity contribution is -0.129. The van der Waals surface area contributed by atoms with Crippen molar-refractivity contribution in [2.45, 2.75) is 46.6 Å². The third-order valence-electron chi connectivity index (χ3n) is 6.09. The van der Waals surface area contributed by atoms with Gasteiger partial charge in [-0.05, 0) is 31.5 Å². The molecule has 0 aromatic heterocycles. The van der Waals surface area contributed by atoms with E-state index in [1.54, 1.807) is 0 Å². The van der Waals surface area contributed by atoms with Crippen LogP contribution in [-0.4, -0.2) is 73.5 Å². The summed E-state index contributed by atoms with van der Waals surface area (Å²) < 4.78 is 0. The van der Waals surface area contributed by atoms with Gasteiger partial charge in [-0.3, -0.25) is 9.59 Å². The van der Waals surface area contributed by atoms with Gasteiger partial charge in [-0.15, -0.1) is 0 Å². The van der Waals surface area contributed by atoms with Crippen molar-refractivity contribution in [2.75, 3.05) is 50.7 Å². The quantitative estimate of drug-likeness (QED) is 0.844. The summed E-state index contributed by atoms with van der Waals surface area (Å²) in [5.41, 5.74) is 1.46. The van der Waals surface area contributed by atoms with Crippen LogP contribution in [0.1, 0.15) is 50.9 Å². The molecule has 6 nitrogen and oxygen atoms in total. The fourth-order valence-electron chi connectivity index (χ4n) is 4.03. The topological polar surface area (TPSA) is 55.9 Å². The molecule has 0 radical (unpaired) electrons. The summed E-state index contributed by atoms with van der Waals surface area (Å²) in [6.45, 7) is 14.2. The molecule has 0 saturated carbocycles. The number of likely N-dealkylation sites (N-methyl/N-ethyl adjacent to an activating group) is 1. The molecule has 6 heteroatoms. The van der Waals surface area contributed by atoms with Crippen molar-refractivity contribution in [1.82, 2.24) is 15.1 Å². The Hall–Kier alpha value is -2.08. The Morgan fingerprint density at radius 3 is 2.21 bits per heavy atom. The van der Waals surface area contributed by atoms with E-state index in [0.29, 0.717) is 0 Å². The number of piperidine rings is 1. The zero-order chi connectivity index (χ0) is 21.0. The summed E-state index contributed by atoms with van der Waals surface area (Å²) in [6, 6.07) is 8.19. The first-order chi connectivity index (χ1) is 13.8. The minimum absolute atomic E-state index is 0.109. The van der Waals surface area contributed by atoms with Gasteiger partial charge in [0.05, 0.1) is 5.56 Å². The summed E-state index contributed by atoms with van der Waals surface area (Å²) in [5, 5.41) is 3.18. The van der Waals surface area contributed by atoms with Crippen molar-refractivity contribution in [1.29, 1.82) is 0 Å². The van der Waals surface area contributed by atoms with Gasteiger partial charge < -0.3 is 20.0 Å². The van der Waals surface area contributed by atoms with Crippen LogP contribution in [0.2, 0.25) is 0 Å². The second-order valence-corrected chi connectivity index (χ2v) is 9.23. The Morgan fingerprint density at radius 2 is 1.62 bits per heavy atom. The molecular formula is C23H36N4O2. The predicted octanol–water partition coefficient (Wildman–Crippen LogP) is 2.60. The molecule has 2 aliphatic heterocycles. The van der Waals surface area contributed by atoms with Crippen LogP contribution in [0, 0.1) is 5.41 Å². The van der Waals surface area contributed by atoms with Gasteiger partial charge in [-0.2, -0.15) is 0 Å². The van der Waals surface area contributed by atoms with Crippen molar-refractivity contribution < 1.29 is 9.59 Å². The van der Waals surface area contributed by atoms with E-state index in [9.17, 15) is 9.59 Å². The third kappa shape index (κ3) is 5.30. The van der Waals surface area contributed by atoms with E-state index in [-0.39, 0.29) is 23.3 Å². The van der Waals surface area contributed by atoms with E-state index in [0.717, 1.165) is 69.9 Å². The number of nitrogens with one attached hydrogen (secondary N) is 1. The van der Waals surface area contributed by atoms with Gasteiger partial charge >= 0.3 is 0 Å². The molecule has 0 bridgehead atoms. The van der Waals surface area contributed by atoms with Crippen LogP contribution < -0.4 is 10.2 Å². The Labute approximate surface area is 175 Å². The molecule has 1 N–H and O–H groups in total. The number of nitrogens with zero attached hydrogens (tertiary/aromatic N) is 3. The molecule has 2 saturated heterocycles. The first-order valence-corrected chi connectivity index (χ1v) is 11.0. The van der Waals surface area contributed by atoms with Crippen LogP contribution in [0.3, 0.4) is 0 Å². The number of anilines is 1. The van der Waals surface area contributed by atoms with Gasteiger partial charge in [0, 0.05) is 56.4 Å². The highest BCUT2D eigenvalue weighted by Crippen LogP contribution is 2.26. The van der Waals surface area contributed by atoms with E-state index >= 15 is 0 Å². The minimum atomic E-state index is -0.363. The number of benzene rings is 1. The number of para-hydroxylation sites is 1. The SMILES string of the molecule is CCN1CCN(C(=O)c2ccccc2N2CCC(NC(=O)C(C)(C)C)CC2)CC1. The molecule has 0 aliphatic carbocycles. The molecule has 0 unspecified atom stereocenters. The molecule has 0 spiro atoms. The van der Waals surface area contributed by atoms with Crippen LogP contribution >= 0.6 is 0 Å². The second kappa shape index (κ2) is 9.16. The van der Waals surface area contributed by atoms with Gasteiger partial charge in [0.15, 0.2) is 0 Å². The van der Waals surface area contributed by atoms with E-state index in [1.807, 2.05) is 43.9 Å². The number of carbonyl (C=O) groups is 2. The largest absolute Gasteiger partial charge is 0.371 e. The smallest absolute Gasteiger partial charge is 0.256 e. The Bertz CT molecular complexity index is 712. The Kier molecular flexibility index (Phi) is 6.83. The molecular weight excluding hydrogens is 364 g/mol. The number of hydrogen-bond donors (Lipinski definition) is 1. The number of amides is 2. The average molecular weight is 401 g/mol. The number of piperazine rings is 1. The van der Waals surface area contributed by atoms with Crippen molar-refractivity contribution in [3.8, 4) is 0 Å². The third-order valence-corrected chi connectivity index (χ3v) is 6.09. The zero-order valence-electron chi connectivity index (χ0n) is 18.4. The Morgan fingerprint density at radius 1 is 1.00 bits per heavy atom. The highest BCUT2D eigenvalue weighted by molar-refractivity contribution is 6.00. The van der Waals surface area contributed by atoms with Crippen LogP contribution in [0.4, 0.5) is 5.69 Å². The van der Waals surface area contributed by atoms with Gasteiger partial charge in [-0.25, -0.2) is 0 Å². The van der Waals surface area contributed by atoms with Gasteiger partial charge in [0.25, 0.3) is 5.91 Å². The van der Waals surface area contributed by atoms with Crippen molar-refractivity contribution in [2.24, 2.45) is 5.41 Å². The maximum Gasteiger partial charge on any atom is 0.256 e. The summed E-state index contributed by atoms with van der Waals surface area (Å²) in [5.74, 6) is 0.247. The fourth-order valence-corrected chi connectivity index (χ4v) is 4.03. The molecule has 2 fully saturated rings. The van der Waals surface area contributed by atoms with E-state index in [1.165, 1.54) is 0 Å². The lowest BCUT2D eigenvalue weighted by Gasteiger charge is -2.37. The summed E-state index contributed by atoms with van der Waals surface area (Å²) in [4.78, 5) is 32.1. The predicted molar refractivity (Wildman–Crippen MR) is 117 cm³/mol. The molecule has 1 aromatic carbocycles. The molecule has 2 heterocycles. The summed E-state index contributed by atoms with van der Waals surface area (Å²) in [6.07, 6.45) is 1.80. The minimum Gasteiger partial charge on any atom is -0.371 e. The van der Waals surface area contributed by atoms with Gasteiger partial charge in [-0.1, -0.05) is 39.8 Å². The number of carbonyl (C=O) groups excluding carboxylic acids is 2. The fraction of sp³-hybridized carbons (Fsp3) is 0.652. The summed E-state index contributed by atoms with van der Waals surface area (Å²) >= 11 is 0. The van der Waals surface area contributed by atoms with E-state index in [2.05, 4.69) is 28.1 Å². The molecule has 3 rings (SSSR count). The van der Waals surface area contributed by atoms with Gasteiger partial charge in [0.1, 0.15) is 0 Å². The summed E-state index contributed by atoms with van der Waals surface area (Å²) in [7, 11) is 0. The maximum atomic E-state index is 13.2. The van der Waals surface area contributed by atoms with Crippen molar-refractivity contribution >= 4 is 17.5 Å². The standard InChI is InChI=1S/C23H36N4O2/c1-5-25-14-16-27(17-15-25)21(28)19-8-6-7-9-20(19)26-12-10-18(11-13-26)24-22(29)23(2,3)4/h6-9,18H,5,10-17H2,1-4H3,(H,24,29). The molecule has 2 amide bonds. The molecule has 29 heavy (non-hydrogen) atoms. The molecule has 2 aliphatic rings. The maximum absolute atomic E-state index is 13.2. The highest BCUT2D eigenvalue weighted by atomic mass is 16.2. The molecule has 160 valence electrons. The highest BCUT2D eigenvalue weighted by Gasteiger charge is 2.29. The number of hydrogen-bond acceptors (Lipinski definition) is 4. The zero-order valence-corrected chi connectivity index (χ0v) is 18.4. The molecule has 0 atom stereocenters. The van der Waals surface area contributed by atoms with Crippen molar-refractivity contribution in [3.63, 3.8) is 0 Å². The van der Waals surface area contributed by atoms with E-state index < -0.39 is 0 Å². The average Bonchev–Trinajstić information content (AvgIpc) is 2.73. The monoisotopic (exact) mass is 400 g/mol. The Balaban J connectivity index is 1.63. The van der Waals surface area contributed by atoms with Crippen LogP contribution in [0.15, 0.2) is 24.3 Å². The lowest BCUT2D eigenvalue weighted by atomic mass is 9.94. The normalized spacial score (nSPS) is 19.3. The lowest BCUT2D eigenvalue weighted by Crippen LogP contribution is -2.49. The van der Waals surface area contributed by atoms with Crippen LogP contribution in [0.5, 0.6) is 0 Å². The number of rotatable bonds is 4. The first-order valence-electron chi connectivity index (χ1n) is 11.0. The van der Waals surface area contributed by atoms with Crippen molar-refractivity contribution in [3.05, 3.63) is 29.8 Å². The van der Waals surface area contributed by atoms with Crippen LogP contribution in [0.25, 0.3) is 0 Å².